The van der Waals surface area contributed by atoms with Crippen LogP contribution in [0, 0.1) is 3.57 Å². The quantitative estimate of drug-likeness (QED) is 0.586. The van der Waals surface area contributed by atoms with Crippen LogP contribution in [0.15, 0.2) is 30.3 Å². The van der Waals surface area contributed by atoms with Crippen molar-refractivity contribution in [1.82, 2.24) is 9.78 Å². The predicted octanol–water partition coefficient (Wildman–Crippen LogP) is 2.53. The fourth-order valence-corrected chi connectivity index (χ4v) is 2.59. The first-order valence-electron chi connectivity index (χ1n) is 6.05. The molecule has 0 saturated carbocycles. The number of aromatic nitrogens is 2. The molecule has 0 fully saturated rings. The number of hydrogen-bond donors (Lipinski definition) is 0. The van der Waals surface area contributed by atoms with Gasteiger partial charge in [0, 0.05) is 7.05 Å². The van der Waals surface area contributed by atoms with Crippen molar-refractivity contribution in [2.24, 2.45) is 7.05 Å². The van der Waals surface area contributed by atoms with Gasteiger partial charge < -0.3 is 9.47 Å². The van der Waals surface area contributed by atoms with Crippen LogP contribution in [0.1, 0.15) is 21.7 Å². The lowest BCUT2D eigenvalue weighted by atomic mass is 10.2. The van der Waals surface area contributed by atoms with E-state index >= 15 is 0 Å². The number of methoxy groups -OCH3 is 1. The van der Waals surface area contributed by atoms with Crippen LogP contribution in [-0.4, -0.2) is 22.9 Å². The summed E-state index contributed by atoms with van der Waals surface area (Å²) in [4.78, 5) is 11.6. The lowest BCUT2D eigenvalue weighted by Crippen LogP contribution is -2.04. The fourth-order valence-electron chi connectivity index (χ4n) is 1.76. The zero-order valence-corrected chi connectivity index (χ0v) is 13.5. The molecule has 1 aromatic carbocycles. The van der Waals surface area contributed by atoms with Gasteiger partial charge in [0.25, 0.3) is 0 Å². The summed E-state index contributed by atoms with van der Waals surface area (Å²) in [5.74, 6) is -0.431. The molecule has 6 heteroatoms. The smallest absolute Gasteiger partial charge is 0.359 e. The van der Waals surface area contributed by atoms with Gasteiger partial charge in [-0.15, -0.1) is 0 Å². The third-order valence-electron chi connectivity index (χ3n) is 2.83. The number of ether oxygens (including phenoxy) is 2. The third-order valence-corrected chi connectivity index (χ3v) is 3.96. The lowest BCUT2D eigenvalue weighted by Gasteiger charge is -2.05. The van der Waals surface area contributed by atoms with E-state index in [0.29, 0.717) is 18.9 Å². The van der Waals surface area contributed by atoms with Crippen LogP contribution in [0.3, 0.4) is 0 Å². The predicted molar refractivity (Wildman–Crippen MR) is 82.2 cm³/mol. The molecule has 0 unspecified atom stereocenters. The van der Waals surface area contributed by atoms with Crippen molar-refractivity contribution in [3.63, 3.8) is 0 Å². The first-order valence-corrected chi connectivity index (χ1v) is 7.12. The summed E-state index contributed by atoms with van der Waals surface area (Å²) in [6.45, 7) is 0.920. The van der Waals surface area contributed by atoms with Crippen molar-refractivity contribution in [1.29, 1.82) is 0 Å². The van der Waals surface area contributed by atoms with Gasteiger partial charge in [0.2, 0.25) is 0 Å². The van der Waals surface area contributed by atoms with Crippen molar-refractivity contribution < 1.29 is 14.3 Å². The molecule has 0 bridgehead atoms. The molecule has 2 aromatic rings. The number of rotatable bonds is 5. The van der Waals surface area contributed by atoms with Crippen molar-refractivity contribution in [2.75, 3.05) is 7.11 Å². The van der Waals surface area contributed by atoms with Gasteiger partial charge in [-0.25, -0.2) is 4.79 Å². The van der Waals surface area contributed by atoms with Gasteiger partial charge in [-0.2, -0.15) is 5.10 Å². The van der Waals surface area contributed by atoms with E-state index < -0.39 is 5.97 Å². The van der Waals surface area contributed by atoms with Crippen LogP contribution in [-0.2, 0) is 29.7 Å². The number of benzene rings is 1. The normalized spacial score (nSPS) is 10.6. The number of carbonyl (C=O) groups is 1. The Labute approximate surface area is 131 Å². The standard InChI is InChI=1S/C14H15IN2O3/c1-17-11(12(15)13(16-17)14(18)19-2)9-20-8-10-6-4-3-5-7-10/h3-7H,8-9H2,1-2H3. The average molecular weight is 386 g/mol. The number of halogens is 1. The van der Waals surface area contributed by atoms with Gasteiger partial charge >= 0.3 is 5.97 Å². The summed E-state index contributed by atoms with van der Waals surface area (Å²) in [5.41, 5.74) is 2.30. The van der Waals surface area contributed by atoms with Gasteiger partial charge in [0.1, 0.15) is 0 Å². The van der Waals surface area contributed by atoms with Crippen molar-refractivity contribution >= 4 is 28.6 Å². The highest BCUT2D eigenvalue weighted by Crippen LogP contribution is 2.18. The van der Waals surface area contributed by atoms with Crippen molar-refractivity contribution in [3.05, 3.63) is 50.9 Å². The minimum Gasteiger partial charge on any atom is -0.464 e. The van der Waals surface area contributed by atoms with E-state index in [4.69, 9.17) is 9.47 Å². The Kier molecular flexibility index (Phi) is 5.13. The highest BCUT2D eigenvalue weighted by atomic mass is 127. The minimum absolute atomic E-state index is 0.328. The fraction of sp³-hybridized carbons (Fsp3) is 0.286. The molecule has 0 spiro atoms. The first-order chi connectivity index (χ1) is 9.63. The van der Waals surface area contributed by atoms with Gasteiger partial charge in [-0.3, -0.25) is 4.68 Å². The number of hydrogen-bond acceptors (Lipinski definition) is 4. The lowest BCUT2D eigenvalue weighted by molar-refractivity contribution is 0.0592. The molecule has 106 valence electrons. The molecular weight excluding hydrogens is 371 g/mol. The van der Waals surface area contributed by atoms with Crippen LogP contribution in [0.25, 0.3) is 0 Å². The van der Waals surface area contributed by atoms with E-state index in [1.54, 1.807) is 11.7 Å². The monoisotopic (exact) mass is 386 g/mol. The molecule has 0 atom stereocenters. The summed E-state index contributed by atoms with van der Waals surface area (Å²) in [7, 11) is 3.13. The number of aryl methyl sites for hydroxylation is 1. The average Bonchev–Trinajstić information content (AvgIpc) is 2.75. The molecule has 20 heavy (non-hydrogen) atoms. The summed E-state index contributed by atoms with van der Waals surface area (Å²) < 4.78 is 12.8. The van der Waals surface area contributed by atoms with Crippen molar-refractivity contribution in [3.8, 4) is 0 Å². The maximum atomic E-state index is 11.6. The molecule has 0 N–H and O–H groups in total. The van der Waals surface area contributed by atoms with Crippen molar-refractivity contribution in [2.45, 2.75) is 13.2 Å². The Balaban J connectivity index is 2.03. The van der Waals surface area contributed by atoms with Crippen LogP contribution >= 0.6 is 22.6 Å². The molecule has 0 aliphatic rings. The third kappa shape index (κ3) is 3.37. The zero-order chi connectivity index (χ0) is 14.5. The highest BCUT2D eigenvalue weighted by Gasteiger charge is 2.20. The second kappa shape index (κ2) is 6.85. The topological polar surface area (TPSA) is 53.3 Å². The first kappa shape index (κ1) is 15.0. The molecule has 1 aromatic heterocycles. The van der Waals surface area contributed by atoms with Crippen LogP contribution in [0.4, 0.5) is 0 Å². The van der Waals surface area contributed by atoms with Crippen LogP contribution < -0.4 is 0 Å². The molecule has 1 heterocycles. The number of esters is 1. The molecule has 5 nitrogen and oxygen atoms in total. The molecule has 0 amide bonds. The Morgan fingerprint density at radius 2 is 2.00 bits per heavy atom. The molecule has 0 saturated heterocycles. The molecular formula is C14H15IN2O3. The summed E-state index contributed by atoms with van der Waals surface area (Å²) in [5, 5.41) is 4.16. The maximum Gasteiger partial charge on any atom is 0.359 e. The number of nitrogens with zero attached hydrogens (tertiary/aromatic N) is 2. The maximum absolute atomic E-state index is 11.6. The van der Waals surface area contributed by atoms with E-state index in [-0.39, 0.29) is 0 Å². The SMILES string of the molecule is COC(=O)c1nn(C)c(COCc2ccccc2)c1I. The molecule has 2 rings (SSSR count). The highest BCUT2D eigenvalue weighted by molar-refractivity contribution is 14.1. The van der Waals surface area contributed by atoms with E-state index in [9.17, 15) is 4.79 Å². The Morgan fingerprint density at radius 3 is 2.65 bits per heavy atom. The minimum atomic E-state index is -0.431. The molecule has 0 aliphatic heterocycles. The largest absolute Gasteiger partial charge is 0.464 e. The summed E-state index contributed by atoms with van der Waals surface area (Å²) >= 11 is 2.09. The number of carbonyl (C=O) groups excluding carboxylic acids is 1. The zero-order valence-electron chi connectivity index (χ0n) is 11.3. The summed E-state index contributed by atoms with van der Waals surface area (Å²) in [6.07, 6.45) is 0. The molecule has 0 aliphatic carbocycles. The van der Waals surface area contributed by atoms with Gasteiger partial charge in [0.15, 0.2) is 5.69 Å². The van der Waals surface area contributed by atoms with Crippen LogP contribution in [0.5, 0.6) is 0 Å². The second-order valence-electron chi connectivity index (χ2n) is 4.20. The Hall–Kier alpha value is -1.41. The van der Waals surface area contributed by atoms with E-state index in [1.807, 2.05) is 30.3 Å². The Bertz CT molecular complexity index is 596. The summed E-state index contributed by atoms with van der Waals surface area (Å²) in [6, 6.07) is 9.93. The van der Waals surface area contributed by atoms with Gasteiger partial charge in [0.05, 0.1) is 29.6 Å². The van der Waals surface area contributed by atoms with E-state index in [2.05, 4.69) is 27.7 Å². The van der Waals surface area contributed by atoms with Gasteiger partial charge in [-0.1, -0.05) is 30.3 Å². The van der Waals surface area contributed by atoms with Gasteiger partial charge in [-0.05, 0) is 28.2 Å². The van der Waals surface area contributed by atoms with E-state index in [1.165, 1.54) is 7.11 Å². The van der Waals surface area contributed by atoms with Crippen LogP contribution in [0.2, 0.25) is 0 Å². The Morgan fingerprint density at radius 1 is 1.30 bits per heavy atom. The van der Waals surface area contributed by atoms with E-state index in [0.717, 1.165) is 14.8 Å². The molecule has 0 radical (unpaired) electrons. The second-order valence-corrected chi connectivity index (χ2v) is 5.28.